The van der Waals surface area contributed by atoms with Gasteiger partial charge in [0.2, 0.25) is 0 Å². The van der Waals surface area contributed by atoms with Crippen molar-refractivity contribution in [1.29, 1.82) is 0 Å². The fourth-order valence-electron chi connectivity index (χ4n) is 1.42. The molecule has 0 bridgehead atoms. The van der Waals surface area contributed by atoms with E-state index in [1.54, 1.807) is 13.0 Å². The van der Waals surface area contributed by atoms with Crippen LogP contribution in [0.5, 0.6) is 0 Å². The third kappa shape index (κ3) is 2.59. The zero-order valence-electron chi connectivity index (χ0n) is 9.47. The lowest BCUT2D eigenvalue weighted by Crippen LogP contribution is -2.01. The predicted octanol–water partition coefficient (Wildman–Crippen LogP) is 3.76. The molecule has 0 aliphatic rings. The smallest absolute Gasteiger partial charge is 0.150 e. The highest BCUT2D eigenvalue weighted by Gasteiger charge is 2.11. The number of nitrogens with one attached hydrogen (secondary N) is 1. The summed E-state index contributed by atoms with van der Waals surface area (Å²) < 4.78 is 27.5. The first-order valence-corrected chi connectivity index (χ1v) is 5.90. The summed E-state index contributed by atoms with van der Waals surface area (Å²) in [6.45, 7) is 1.79. The largest absolute Gasteiger partial charge is 0.397 e. The zero-order chi connectivity index (χ0) is 13.3. The van der Waals surface area contributed by atoms with E-state index in [-0.39, 0.29) is 5.69 Å². The summed E-state index contributed by atoms with van der Waals surface area (Å²) in [5.41, 5.74) is 6.68. The van der Waals surface area contributed by atoms with Gasteiger partial charge >= 0.3 is 0 Å². The summed E-state index contributed by atoms with van der Waals surface area (Å²) in [4.78, 5) is 3.96. The van der Waals surface area contributed by atoms with E-state index in [1.165, 1.54) is 18.3 Å². The van der Waals surface area contributed by atoms with Gasteiger partial charge in [-0.3, -0.25) is 0 Å². The Balaban J connectivity index is 2.37. The Morgan fingerprint density at radius 2 is 1.83 bits per heavy atom. The molecule has 2 aromatic rings. The minimum atomic E-state index is -0.696. The maximum atomic E-state index is 13.6. The van der Waals surface area contributed by atoms with Gasteiger partial charge in [-0.2, -0.15) is 0 Å². The molecule has 0 unspecified atom stereocenters. The highest BCUT2D eigenvalue weighted by molar-refractivity contribution is 9.10. The van der Waals surface area contributed by atoms with E-state index >= 15 is 0 Å². The molecule has 2 rings (SSSR count). The Bertz CT molecular complexity index is 579. The monoisotopic (exact) mass is 313 g/mol. The molecule has 18 heavy (non-hydrogen) atoms. The number of hydrogen-bond donors (Lipinski definition) is 2. The van der Waals surface area contributed by atoms with E-state index in [9.17, 15) is 8.78 Å². The Morgan fingerprint density at radius 1 is 1.22 bits per heavy atom. The number of aryl methyl sites for hydroxylation is 1. The average molecular weight is 314 g/mol. The number of nitrogens with two attached hydrogens (primary N) is 1. The number of nitrogen functional groups attached to an aromatic ring is 1. The van der Waals surface area contributed by atoms with Crippen LogP contribution in [-0.2, 0) is 0 Å². The van der Waals surface area contributed by atoms with Crippen LogP contribution in [0.4, 0.5) is 26.0 Å². The molecule has 0 fully saturated rings. The molecule has 1 aromatic heterocycles. The van der Waals surface area contributed by atoms with Crippen molar-refractivity contribution < 1.29 is 8.78 Å². The van der Waals surface area contributed by atoms with E-state index in [0.29, 0.717) is 16.0 Å². The SMILES string of the molecule is Cc1cc(Nc2c(F)cc(Br)cc2F)ncc1N. The highest BCUT2D eigenvalue weighted by atomic mass is 79.9. The van der Waals surface area contributed by atoms with Crippen LogP contribution in [0.1, 0.15) is 5.56 Å². The van der Waals surface area contributed by atoms with Crippen LogP contribution in [0.3, 0.4) is 0 Å². The Hall–Kier alpha value is -1.69. The number of hydrogen-bond acceptors (Lipinski definition) is 3. The number of pyridine rings is 1. The second kappa shape index (κ2) is 4.89. The van der Waals surface area contributed by atoms with Crippen LogP contribution in [0.15, 0.2) is 28.9 Å². The van der Waals surface area contributed by atoms with E-state index in [0.717, 1.165) is 5.56 Å². The average Bonchev–Trinajstić information content (AvgIpc) is 2.28. The molecule has 3 N–H and O–H groups in total. The second-order valence-corrected chi connectivity index (χ2v) is 4.71. The first kappa shape index (κ1) is 12.8. The molecule has 3 nitrogen and oxygen atoms in total. The molecule has 6 heteroatoms. The summed E-state index contributed by atoms with van der Waals surface area (Å²) in [6.07, 6.45) is 1.44. The fraction of sp³-hybridized carbons (Fsp3) is 0.0833. The molecule has 0 radical (unpaired) electrons. The molecule has 1 heterocycles. The third-order valence-corrected chi connectivity index (χ3v) is 2.87. The van der Waals surface area contributed by atoms with Gasteiger partial charge in [0.05, 0.1) is 11.9 Å². The number of nitrogens with zero attached hydrogens (tertiary/aromatic N) is 1. The van der Waals surface area contributed by atoms with Crippen molar-refractivity contribution in [2.24, 2.45) is 0 Å². The highest BCUT2D eigenvalue weighted by Crippen LogP contribution is 2.26. The maximum Gasteiger partial charge on any atom is 0.150 e. The molecule has 0 aliphatic heterocycles. The van der Waals surface area contributed by atoms with E-state index in [1.807, 2.05) is 0 Å². The predicted molar refractivity (Wildman–Crippen MR) is 70.7 cm³/mol. The lowest BCUT2D eigenvalue weighted by molar-refractivity contribution is 0.589. The van der Waals surface area contributed by atoms with Gasteiger partial charge < -0.3 is 11.1 Å². The third-order valence-electron chi connectivity index (χ3n) is 2.41. The van der Waals surface area contributed by atoms with Crippen molar-refractivity contribution in [3.8, 4) is 0 Å². The molecule has 1 aromatic carbocycles. The van der Waals surface area contributed by atoms with Crippen LogP contribution in [-0.4, -0.2) is 4.98 Å². The van der Waals surface area contributed by atoms with Crippen molar-refractivity contribution in [2.75, 3.05) is 11.1 Å². The number of rotatable bonds is 2. The molecule has 0 aliphatic carbocycles. The van der Waals surface area contributed by atoms with Gasteiger partial charge in [-0.15, -0.1) is 0 Å². The van der Waals surface area contributed by atoms with Crippen molar-refractivity contribution in [3.63, 3.8) is 0 Å². The van der Waals surface area contributed by atoms with Gasteiger partial charge in [0.15, 0.2) is 11.6 Å². The minimum Gasteiger partial charge on any atom is -0.397 e. The van der Waals surface area contributed by atoms with Crippen LogP contribution in [0, 0.1) is 18.6 Å². The van der Waals surface area contributed by atoms with Crippen molar-refractivity contribution in [3.05, 3.63) is 46.1 Å². The van der Waals surface area contributed by atoms with Gasteiger partial charge in [-0.25, -0.2) is 13.8 Å². The molecule has 94 valence electrons. The summed E-state index contributed by atoms with van der Waals surface area (Å²) in [6, 6.07) is 3.97. The number of halogens is 3. The molecule has 0 amide bonds. The lowest BCUT2D eigenvalue weighted by Gasteiger charge is -2.09. The summed E-state index contributed by atoms with van der Waals surface area (Å²) in [5, 5.41) is 2.60. The molecular weight excluding hydrogens is 304 g/mol. The second-order valence-electron chi connectivity index (χ2n) is 3.80. The number of benzene rings is 1. The molecule has 0 saturated heterocycles. The van der Waals surface area contributed by atoms with Crippen LogP contribution in [0.2, 0.25) is 0 Å². The quantitative estimate of drug-likeness (QED) is 0.887. The zero-order valence-corrected chi connectivity index (χ0v) is 11.1. The van der Waals surface area contributed by atoms with Gasteiger partial charge in [-0.1, -0.05) is 15.9 Å². The fourth-order valence-corrected chi connectivity index (χ4v) is 1.83. The topological polar surface area (TPSA) is 50.9 Å². The van der Waals surface area contributed by atoms with E-state index in [4.69, 9.17) is 5.73 Å². The Kier molecular flexibility index (Phi) is 3.47. The van der Waals surface area contributed by atoms with Gasteiger partial charge in [-0.05, 0) is 30.7 Å². The number of anilines is 3. The molecule has 0 atom stereocenters. The molecular formula is C12H10BrF2N3. The van der Waals surface area contributed by atoms with Gasteiger partial charge in [0, 0.05) is 4.47 Å². The summed E-state index contributed by atoms with van der Waals surface area (Å²) in [7, 11) is 0. The lowest BCUT2D eigenvalue weighted by atomic mass is 10.2. The van der Waals surface area contributed by atoms with Gasteiger partial charge in [0.25, 0.3) is 0 Å². The Labute approximate surface area is 111 Å². The van der Waals surface area contributed by atoms with E-state index < -0.39 is 11.6 Å². The van der Waals surface area contributed by atoms with Crippen molar-refractivity contribution in [2.45, 2.75) is 6.92 Å². The van der Waals surface area contributed by atoms with Crippen molar-refractivity contribution >= 4 is 33.1 Å². The number of aromatic nitrogens is 1. The van der Waals surface area contributed by atoms with Crippen LogP contribution >= 0.6 is 15.9 Å². The van der Waals surface area contributed by atoms with Crippen LogP contribution < -0.4 is 11.1 Å². The maximum absolute atomic E-state index is 13.6. The van der Waals surface area contributed by atoms with E-state index in [2.05, 4.69) is 26.2 Å². The van der Waals surface area contributed by atoms with Crippen LogP contribution in [0.25, 0.3) is 0 Å². The minimum absolute atomic E-state index is 0.241. The Morgan fingerprint density at radius 3 is 2.39 bits per heavy atom. The van der Waals surface area contributed by atoms with Gasteiger partial charge in [0.1, 0.15) is 11.5 Å². The van der Waals surface area contributed by atoms with Crippen molar-refractivity contribution in [1.82, 2.24) is 4.98 Å². The first-order chi connectivity index (χ1) is 8.47. The first-order valence-electron chi connectivity index (χ1n) is 5.11. The molecule has 0 spiro atoms. The summed E-state index contributed by atoms with van der Waals surface area (Å²) in [5.74, 6) is -1.06. The molecule has 0 saturated carbocycles. The normalized spacial score (nSPS) is 10.4. The standard InChI is InChI=1S/C12H10BrF2N3/c1-6-2-11(17-5-10(6)16)18-12-8(14)3-7(13)4-9(12)15/h2-5H,16H2,1H3,(H,17,18). The summed E-state index contributed by atoms with van der Waals surface area (Å²) >= 11 is 3.01.